The van der Waals surface area contributed by atoms with Crippen LogP contribution in [0.2, 0.25) is 0 Å². The average molecular weight is 430 g/mol. The molecule has 0 spiro atoms. The van der Waals surface area contributed by atoms with E-state index in [4.69, 9.17) is 0 Å². The number of carbonyl (C=O) groups is 2. The van der Waals surface area contributed by atoms with Crippen LogP contribution in [-0.2, 0) is 0 Å². The highest BCUT2D eigenvalue weighted by Gasteiger charge is 2.13. The zero-order valence-electron chi connectivity index (χ0n) is 17.0. The number of carbonyl (C=O) groups excluding carboxylic acids is 2. The van der Waals surface area contributed by atoms with E-state index >= 15 is 0 Å². The van der Waals surface area contributed by atoms with Crippen molar-refractivity contribution in [3.8, 4) is 0 Å². The molecule has 1 heterocycles. The number of aromatic nitrogens is 2. The van der Waals surface area contributed by atoms with Gasteiger partial charge in [-0.15, -0.1) is 0 Å². The van der Waals surface area contributed by atoms with Gasteiger partial charge >= 0.3 is 6.03 Å². The molecule has 160 valence electrons. The maximum absolute atomic E-state index is 13.0. The molecule has 1 aromatic heterocycles. The monoisotopic (exact) mass is 430 g/mol. The minimum absolute atomic E-state index is 0.0597. The molecule has 0 aliphatic heterocycles. The van der Waals surface area contributed by atoms with Crippen LogP contribution < -0.4 is 21.3 Å². The number of urea groups is 1. The quantitative estimate of drug-likeness (QED) is 0.372. The van der Waals surface area contributed by atoms with E-state index in [2.05, 4.69) is 31.2 Å². The topological polar surface area (TPSA) is 108 Å². The number of anilines is 4. The number of rotatable bonds is 5. The molecule has 0 unspecified atom stereocenters. The molecular formula is C23H19FN6O2. The number of nitrogens with zero attached hydrogens (tertiary/aromatic N) is 2. The van der Waals surface area contributed by atoms with Gasteiger partial charge in [0.2, 0.25) is 5.82 Å². The number of para-hydroxylation sites is 1. The average Bonchev–Trinajstić information content (AvgIpc) is 2.81. The van der Waals surface area contributed by atoms with Crippen molar-refractivity contribution < 1.29 is 14.0 Å². The van der Waals surface area contributed by atoms with E-state index in [0.29, 0.717) is 28.4 Å². The number of hydrogen-bond donors (Lipinski definition) is 4. The number of nitrogens with one attached hydrogen (secondary N) is 4. The molecule has 0 saturated heterocycles. The van der Waals surface area contributed by atoms with Crippen molar-refractivity contribution in [1.29, 1.82) is 0 Å². The predicted molar refractivity (Wildman–Crippen MR) is 122 cm³/mol. The van der Waals surface area contributed by atoms with Crippen LogP contribution in [0.5, 0.6) is 0 Å². The molecule has 0 atom stereocenters. The molecule has 0 bridgehead atoms. The number of amides is 3. The van der Waals surface area contributed by atoms with E-state index < -0.39 is 6.03 Å². The van der Waals surface area contributed by atoms with Crippen molar-refractivity contribution >= 4 is 45.7 Å². The Kier molecular flexibility index (Phi) is 5.89. The van der Waals surface area contributed by atoms with Gasteiger partial charge in [-0.3, -0.25) is 4.79 Å². The van der Waals surface area contributed by atoms with Crippen molar-refractivity contribution in [3.63, 3.8) is 0 Å². The minimum Gasteiger partial charge on any atom is -0.352 e. The first kappa shape index (κ1) is 20.7. The second kappa shape index (κ2) is 9.09. The Balaban J connectivity index is 1.49. The summed E-state index contributed by atoms with van der Waals surface area (Å²) in [6, 6.07) is 19.4. The van der Waals surface area contributed by atoms with Crippen molar-refractivity contribution in [2.75, 3.05) is 23.0 Å². The molecular weight excluding hydrogens is 411 g/mol. The smallest absolute Gasteiger partial charge is 0.323 e. The maximum Gasteiger partial charge on any atom is 0.323 e. The summed E-state index contributed by atoms with van der Waals surface area (Å²) in [4.78, 5) is 32.8. The van der Waals surface area contributed by atoms with Gasteiger partial charge in [0.1, 0.15) is 11.6 Å². The second-order valence-electron chi connectivity index (χ2n) is 6.78. The molecule has 3 amide bonds. The van der Waals surface area contributed by atoms with Gasteiger partial charge < -0.3 is 21.3 Å². The van der Waals surface area contributed by atoms with Crippen LogP contribution in [-0.4, -0.2) is 29.0 Å². The SMILES string of the molecule is CNC(=O)c1nc(Nc2ccc(NC(=O)Nc3ccc(F)cc3)cc2)c2ccccc2n1. The molecule has 3 aromatic carbocycles. The molecule has 0 aliphatic carbocycles. The van der Waals surface area contributed by atoms with Gasteiger partial charge in [-0.25, -0.2) is 19.2 Å². The van der Waals surface area contributed by atoms with E-state index in [0.717, 1.165) is 5.39 Å². The van der Waals surface area contributed by atoms with E-state index in [9.17, 15) is 14.0 Å². The maximum atomic E-state index is 13.0. The van der Waals surface area contributed by atoms with E-state index in [-0.39, 0.29) is 17.5 Å². The van der Waals surface area contributed by atoms with Crippen LogP contribution in [0.15, 0.2) is 72.8 Å². The summed E-state index contributed by atoms with van der Waals surface area (Å²) in [6.45, 7) is 0. The fraction of sp³-hybridized carbons (Fsp3) is 0.0435. The standard InChI is InChI=1S/C23H19FN6O2/c1-25-22(31)21-29-19-5-3-2-4-18(19)20(30-21)26-15-10-12-17(13-11-15)28-23(32)27-16-8-6-14(24)7-9-16/h2-13H,1H3,(H,25,31)(H,26,29,30)(H2,27,28,32). The van der Waals surface area contributed by atoms with Crippen LogP contribution >= 0.6 is 0 Å². The van der Waals surface area contributed by atoms with Crippen LogP contribution in [0.4, 0.5) is 32.1 Å². The third-order valence-electron chi connectivity index (χ3n) is 4.54. The Bertz CT molecular complexity index is 1280. The third kappa shape index (κ3) is 4.78. The molecule has 4 N–H and O–H groups in total. The minimum atomic E-state index is -0.450. The summed E-state index contributed by atoms with van der Waals surface area (Å²) < 4.78 is 13.0. The Labute approximate surface area is 182 Å². The first-order valence-corrected chi connectivity index (χ1v) is 9.71. The molecule has 32 heavy (non-hydrogen) atoms. The van der Waals surface area contributed by atoms with Crippen molar-refractivity contribution in [3.05, 3.63) is 84.4 Å². The fourth-order valence-corrected chi connectivity index (χ4v) is 2.99. The van der Waals surface area contributed by atoms with E-state index in [1.54, 1.807) is 30.3 Å². The highest BCUT2D eigenvalue weighted by molar-refractivity contribution is 6.00. The summed E-state index contributed by atoms with van der Waals surface area (Å²) in [5.41, 5.74) is 2.39. The lowest BCUT2D eigenvalue weighted by atomic mass is 10.2. The summed E-state index contributed by atoms with van der Waals surface area (Å²) >= 11 is 0. The predicted octanol–water partition coefficient (Wildman–Crippen LogP) is 4.52. The lowest BCUT2D eigenvalue weighted by Gasteiger charge is -2.12. The van der Waals surface area contributed by atoms with E-state index in [1.807, 2.05) is 18.2 Å². The summed E-state index contributed by atoms with van der Waals surface area (Å²) in [7, 11) is 1.52. The molecule has 8 nitrogen and oxygen atoms in total. The molecule has 0 radical (unpaired) electrons. The summed E-state index contributed by atoms with van der Waals surface area (Å²) in [6.07, 6.45) is 0. The Morgan fingerprint density at radius 3 is 2.03 bits per heavy atom. The Morgan fingerprint density at radius 1 is 0.781 bits per heavy atom. The third-order valence-corrected chi connectivity index (χ3v) is 4.54. The highest BCUT2D eigenvalue weighted by Crippen LogP contribution is 2.25. The van der Waals surface area contributed by atoms with Gasteiger partial charge in [0.05, 0.1) is 5.52 Å². The van der Waals surface area contributed by atoms with Gasteiger partial charge in [-0.1, -0.05) is 12.1 Å². The van der Waals surface area contributed by atoms with Crippen LogP contribution in [0.25, 0.3) is 10.9 Å². The molecule has 4 rings (SSSR count). The van der Waals surface area contributed by atoms with Crippen molar-refractivity contribution in [2.24, 2.45) is 0 Å². The summed E-state index contributed by atoms with van der Waals surface area (Å²) in [5.74, 6) is -0.211. The van der Waals surface area contributed by atoms with Crippen molar-refractivity contribution in [1.82, 2.24) is 15.3 Å². The Hall–Kier alpha value is -4.53. The van der Waals surface area contributed by atoms with Crippen LogP contribution in [0, 0.1) is 5.82 Å². The van der Waals surface area contributed by atoms with Crippen molar-refractivity contribution in [2.45, 2.75) is 0 Å². The first-order chi connectivity index (χ1) is 15.5. The number of benzene rings is 3. The van der Waals surface area contributed by atoms with Gasteiger partial charge in [0.25, 0.3) is 5.91 Å². The zero-order chi connectivity index (χ0) is 22.5. The number of hydrogen-bond acceptors (Lipinski definition) is 5. The van der Waals surface area contributed by atoms with E-state index in [1.165, 1.54) is 31.3 Å². The van der Waals surface area contributed by atoms with Gasteiger partial charge in [-0.05, 0) is 60.7 Å². The highest BCUT2D eigenvalue weighted by atomic mass is 19.1. The number of halogens is 1. The molecule has 0 aliphatic rings. The molecule has 0 fully saturated rings. The van der Waals surface area contributed by atoms with Crippen LogP contribution in [0.1, 0.15) is 10.6 Å². The lowest BCUT2D eigenvalue weighted by molar-refractivity contribution is 0.0953. The normalized spacial score (nSPS) is 10.4. The Morgan fingerprint density at radius 2 is 1.38 bits per heavy atom. The molecule has 9 heteroatoms. The molecule has 4 aromatic rings. The van der Waals surface area contributed by atoms with Crippen LogP contribution in [0.3, 0.4) is 0 Å². The lowest BCUT2D eigenvalue weighted by Crippen LogP contribution is -2.21. The van der Waals surface area contributed by atoms with Gasteiger partial charge in [-0.2, -0.15) is 0 Å². The largest absolute Gasteiger partial charge is 0.352 e. The fourth-order valence-electron chi connectivity index (χ4n) is 2.99. The molecule has 0 saturated carbocycles. The first-order valence-electron chi connectivity index (χ1n) is 9.71. The van der Waals surface area contributed by atoms with Gasteiger partial charge in [0.15, 0.2) is 0 Å². The van der Waals surface area contributed by atoms with Gasteiger partial charge in [0, 0.05) is 29.5 Å². The number of fused-ring (bicyclic) bond motifs is 1. The second-order valence-corrected chi connectivity index (χ2v) is 6.78. The zero-order valence-corrected chi connectivity index (χ0v) is 17.0. The summed E-state index contributed by atoms with van der Waals surface area (Å²) in [5, 5.41) is 11.8.